The summed E-state index contributed by atoms with van der Waals surface area (Å²) in [6, 6.07) is 16.7. The predicted molar refractivity (Wildman–Crippen MR) is 139 cm³/mol. The topological polar surface area (TPSA) is 105 Å². The second kappa shape index (κ2) is 10.7. The summed E-state index contributed by atoms with van der Waals surface area (Å²) in [7, 11) is 0. The van der Waals surface area contributed by atoms with Gasteiger partial charge in [0.2, 0.25) is 11.8 Å². The van der Waals surface area contributed by atoms with E-state index in [0.717, 1.165) is 36.4 Å². The zero-order valence-corrected chi connectivity index (χ0v) is 21.0. The van der Waals surface area contributed by atoms with Crippen molar-refractivity contribution in [1.82, 2.24) is 14.9 Å². The predicted octanol–water partition coefficient (Wildman–Crippen LogP) is 5.14. The Hall–Kier alpha value is -4.11. The molecule has 2 aliphatic heterocycles. The lowest BCUT2D eigenvalue weighted by Gasteiger charge is -2.44. The first-order valence-electron chi connectivity index (χ1n) is 13.0. The number of aromatic carboxylic acids is 1. The van der Waals surface area contributed by atoms with Gasteiger partial charge in [-0.05, 0) is 67.6 Å². The summed E-state index contributed by atoms with van der Waals surface area (Å²) in [5, 5.41) is 9.20. The van der Waals surface area contributed by atoms with Crippen LogP contribution in [0.4, 0.5) is 5.69 Å². The maximum Gasteiger partial charge on any atom is 0.335 e. The number of piperidine rings is 1. The third kappa shape index (κ3) is 5.28. The van der Waals surface area contributed by atoms with Crippen molar-refractivity contribution in [3.63, 3.8) is 0 Å². The van der Waals surface area contributed by atoms with Crippen LogP contribution < -0.4 is 9.64 Å². The molecule has 2 aliphatic rings. The number of hydrogen-bond acceptors (Lipinski definition) is 8. The molecule has 0 aliphatic carbocycles. The number of fused-ring (bicyclic) bond motifs is 2. The van der Waals surface area contributed by atoms with Crippen LogP contribution in [0.5, 0.6) is 5.75 Å². The minimum absolute atomic E-state index is 0.285. The molecule has 3 atom stereocenters. The van der Waals surface area contributed by atoms with E-state index in [1.54, 1.807) is 30.8 Å². The third-order valence-corrected chi connectivity index (χ3v) is 7.67. The zero-order chi connectivity index (χ0) is 25.9. The van der Waals surface area contributed by atoms with Crippen LogP contribution in [0.3, 0.4) is 0 Å². The normalized spacial score (nSPS) is 20.9. The number of ether oxygens (including phenoxy) is 1. The Bertz CT molecular complexity index is 1310. The van der Waals surface area contributed by atoms with Crippen LogP contribution in [0, 0.1) is 0 Å². The molecule has 0 unspecified atom stereocenters. The number of rotatable bonds is 10. The third-order valence-electron chi connectivity index (χ3n) is 7.67. The molecule has 196 valence electrons. The molecule has 2 bridgehead atoms. The number of carboxylic acids is 1. The quantitative estimate of drug-likeness (QED) is 0.308. The van der Waals surface area contributed by atoms with Crippen molar-refractivity contribution in [2.75, 3.05) is 4.90 Å². The molecule has 38 heavy (non-hydrogen) atoms. The van der Waals surface area contributed by atoms with E-state index < -0.39 is 5.97 Å². The fraction of sp³-hybridized carbons (Fsp3) is 0.345. The van der Waals surface area contributed by atoms with E-state index in [-0.39, 0.29) is 6.61 Å². The van der Waals surface area contributed by atoms with Gasteiger partial charge in [0.05, 0.1) is 24.5 Å². The van der Waals surface area contributed by atoms with Gasteiger partial charge in [-0.3, -0.25) is 4.90 Å². The van der Waals surface area contributed by atoms with E-state index in [4.69, 9.17) is 13.6 Å². The molecule has 9 heteroatoms. The molecule has 2 saturated heterocycles. The Morgan fingerprint density at radius 2 is 1.61 bits per heavy atom. The van der Waals surface area contributed by atoms with E-state index in [1.807, 2.05) is 24.3 Å². The first kappa shape index (κ1) is 24.2. The number of aromatic nitrogens is 2. The molecule has 9 nitrogen and oxygen atoms in total. The van der Waals surface area contributed by atoms with Crippen molar-refractivity contribution in [2.24, 2.45) is 0 Å². The highest BCUT2D eigenvalue weighted by Crippen LogP contribution is 2.40. The second-order valence-electron chi connectivity index (χ2n) is 9.95. The average molecular weight is 515 g/mol. The first-order chi connectivity index (χ1) is 18.6. The van der Waals surface area contributed by atoms with E-state index in [9.17, 15) is 9.90 Å². The zero-order valence-electron chi connectivity index (χ0n) is 21.0. The molecule has 0 spiro atoms. The fourth-order valence-corrected chi connectivity index (χ4v) is 5.83. The summed E-state index contributed by atoms with van der Waals surface area (Å²) in [4.78, 5) is 24.7. The standard InChI is InChI=1S/C29H30N4O5/c34-29(35)21-3-1-20(2-4-21)17-32-23-5-6-24(32)16-25(15-23)33(18-27-30-11-13-36-27)22-7-9-26(10-8-22)38-19-28-31-12-14-37-28/h1-4,7-14,23-25H,5-6,15-19H2,(H,34,35)/t23-,24+,25-. The highest BCUT2D eigenvalue weighted by Gasteiger charge is 2.42. The summed E-state index contributed by atoms with van der Waals surface area (Å²) in [6.07, 6.45) is 10.9. The van der Waals surface area contributed by atoms with Crippen LogP contribution in [0.1, 0.15) is 53.4 Å². The van der Waals surface area contributed by atoms with Crippen LogP contribution in [-0.4, -0.2) is 44.1 Å². The summed E-state index contributed by atoms with van der Waals surface area (Å²) in [5.74, 6) is 1.10. The van der Waals surface area contributed by atoms with Gasteiger partial charge in [-0.1, -0.05) is 12.1 Å². The smallest absolute Gasteiger partial charge is 0.335 e. The van der Waals surface area contributed by atoms with Crippen LogP contribution in [0.15, 0.2) is 82.3 Å². The highest BCUT2D eigenvalue weighted by atomic mass is 16.5. The minimum atomic E-state index is -0.891. The molecule has 4 aromatic rings. The van der Waals surface area contributed by atoms with E-state index in [1.165, 1.54) is 19.1 Å². The van der Waals surface area contributed by atoms with Gasteiger partial charge in [-0.15, -0.1) is 0 Å². The molecule has 2 aromatic heterocycles. The van der Waals surface area contributed by atoms with Crippen molar-refractivity contribution in [1.29, 1.82) is 0 Å². The van der Waals surface area contributed by atoms with Crippen LogP contribution in [0.25, 0.3) is 0 Å². The molecular formula is C29H30N4O5. The van der Waals surface area contributed by atoms with Gasteiger partial charge in [-0.25, -0.2) is 14.8 Å². The molecule has 0 radical (unpaired) electrons. The monoisotopic (exact) mass is 514 g/mol. The lowest BCUT2D eigenvalue weighted by molar-refractivity contribution is 0.0696. The number of nitrogens with zero attached hydrogens (tertiary/aromatic N) is 4. The van der Waals surface area contributed by atoms with Gasteiger partial charge in [0.15, 0.2) is 6.61 Å². The van der Waals surface area contributed by atoms with Gasteiger partial charge in [0.25, 0.3) is 0 Å². The number of carboxylic acid groups (broad SMARTS) is 1. The van der Waals surface area contributed by atoms with Gasteiger partial charge >= 0.3 is 5.97 Å². The van der Waals surface area contributed by atoms with Crippen molar-refractivity contribution in [3.05, 3.63) is 96.4 Å². The molecule has 4 heterocycles. The number of carbonyl (C=O) groups is 1. The highest BCUT2D eigenvalue weighted by molar-refractivity contribution is 5.87. The summed E-state index contributed by atoms with van der Waals surface area (Å²) >= 11 is 0. The summed E-state index contributed by atoms with van der Waals surface area (Å²) in [5.41, 5.74) is 2.59. The number of benzene rings is 2. The number of hydrogen-bond donors (Lipinski definition) is 1. The molecule has 0 amide bonds. The van der Waals surface area contributed by atoms with Gasteiger partial charge in [0.1, 0.15) is 18.3 Å². The van der Waals surface area contributed by atoms with Gasteiger partial charge in [-0.2, -0.15) is 0 Å². The summed E-state index contributed by atoms with van der Waals surface area (Å²) < 4.78 is 16.7. The molecule has 2 aromatic carbocycles. The fourth-order valence-electron chi connectivity index (χ4n) is 5.83. The van der Waals surface area contributed by atoms with Crippen LogP contribution >= 0.6 is 0 Å². The molecule has 0 saturated carbocycles. The van der Waals surface area contributed by atoms with Crippen LogP contribution in [0.2, 0.25) is 0 Å². The Kier molecular flexibility index (Phi) is 6.83. The largest absolute Gasteiger partial charge is 0.484 e. The maximum atomic E-state index is 11.2. The van der Waals surface area contributed by atoms with Crippen molar-refractivity contribution >= 4 is 11.7 Å². The number of oxazole rings is 2. The Labute approximate surface area is 220 Å². The molecule has 1 N–H and O–H groups in total. The van der Waals surface area contributed by atoms with Gasteiger partial charge in [0, 0.05) is 30.4 Å². The molecule has 6 rings (SSSR count). The lowest BCUT2D eigenvalue weighted by Crippen LogP contribution is -2.50. The van der Waals surface area contributed by atoms with Crippen molar-refractivity contribution in [2.45, 2.75) is 63.5 Å². The van der Waals surface area contributed by atoms with Gasteiger partial charge < -0.3 is 23.6 Å². The molecule has 2 fully saturated rings. The maximum absolute atomic E-state index is 11.2. The van der Waals surface area contributed by atoms with Crippen molar-refractivity contribution < 1.29 is 23.5 Å². The first-order valence-corrected chi connectivity index (χ1v) is 13.0. The second-order valence-corrected chi connectivity index (χ2v) is 9.95. The summed E-state index contributed by atoms with van der Waals surface area (Å²) in [6.45, 7) is 1.73. The SMILES string of the molecule is O=C(O)c1ccc(CN2[C@@H]3CC[C@H]2C[C@H](N(Cc2ncco2)c2ccc(OCc4ncco4)cc2)C3)cc1. The molecular weight excluding hydrogens is 484 g/mol. The Morgan fingerprint density at radius 3 is 2.21 bits per heavy atom. The van der Waals surface area contributed by atoms with E-state index in [0.29, 0.717) is 42.0 Å². The minimum Gasteiger partial charge on any atom is -0.484 e. The van der Waals surface area contributed by atoms with Crippen molar-refractivity contribution in [3.8, 4) is 5.75 Å². The lowest BCUT2D eigenvalue weighted by atomic mass is 9.94. The van der Waals surface area contributed by atoms with Crippen LogP contribution in [-0.2, 0) is 19.7 Å². The Balaban J connectivity index is 1.16. The Morgan fingerprint density at radius 1 is 0.947 bits per heavy atom. The van der Waals surface area contributed by atoms with E-state index >= 15 is 0 Å². The van der Waals surface area contributed by atoms with E-state index in [2.05, 4.69) is 31.9 Å². The number of anilines is 1. The average Bonchev–Trinajstić information content (AvgIpc) is 3.69.